The van der Waals surface area contributed by atoms with E-state index in [1.165, 1.54) is 0 Å². The highest BCUT2D eigenvalue weighted by atomic mass is 16.5. The summed E-state index contributed by atoms with van der Waals surface area (Å²) in [6.45, 7) is 1.80. The molecular weight excluding hydrogens is 216 g/mol. The van der Waals surface area contributed by atoms with Gasteiger partial charge in [0.25, 0.3) is 0 Å². The van der Waals surface area contributed by atoms with Crippen molar-refractivity contribution in [1.82, 2.24) is 0 Å². The van der Waals surface area contributed by atoms with Crippen LogP contribution in [0.5, 0.6) is 0 Å². The summed E-state index contributed by atoms with van der Waals surface area (Å²) < 4.78 is 8.79. The van der Waals surface area contributed by atoms with Gasteiger partial charge in [0.2, 0.25) is 0 Å². The molecule has 0 N–H and O–H groups in total. The molecule has 0 bridgehead atoms. The molecule has 0 aliphatic rings. The molecule has 0 radical (unpaired) electrons. The SMILES string of the molecule is CCOC(=O)CC(=O)CC(=O)CC(=O)OC. The molecule has 0 spiro atoms. The van der Waals surface area contributed by atoms with Gasteiger partial charge in [-0.1, -0.05) is 0 Å². The zero-order valence-electron chi connectivity index (χ0n) is 9.28. The Hall–Kier alpha value is -1.72. The van der Waals surface area contributed by atoms with Crippen LogP contribution in [0.2, 0.25) is 0 Å². The highest BCUT2D eigenvalue weighted by Gasteiger charge is 2.16. The Bertz CT molecular complexity index is 294. The quantitative estimate of drug-likeness (QED) is 0.453. The number of rotatable bonds is 7. The number of ether oxygens (including phenoxy) is 2. The minimum Gasteiger partial charge on any atom is -0.469 e. The lowest BCUT2D eigenvalue weighted by Crippen LogP contribution is -2.17. The van der Waals surface area contributed by atoms with Crippen molar-refractivity contribution in [1.29, 1.82) is 0 Å². The van der Waals surface area contributed by atoms with Crippen molar-refractivity contribution in [3.05, 3.63) is 0 Å². The summed E-state index contributed by atoms with van der Waals surface area (Å²) in [5.41, 5.74) is 0. The van der Waals surface area contributed by atoms with Gasteiger partial charge in [-0.2, -0.15) is 0 Å². The smallest absolute Gasteiger partial charge is 0.313 e. The number of ketones is 2. The third kappa shape index (κ3) is 6.69. The third-order valence-electron chi connectivity index (χ3n) is 1.61. The number of hydrogen-bond acceptors (Lipinski definition) is 6. The molecule has 6 heteroatoms. The highest BCUT2D eigenvalue weighted by molar-refractivity contribution is 6.09. The Labute approximate surface area is 92.9 Å². The topological polar surface area (TPSA) is 86.7 Å². The zero-order chi connectivity index (χ0) is 12.6. The molecule has 16 heavy (non-hydrogen) atoms. The van der Waals surface area contributed by atoms with E-state index in [4.69, 9.17) is 0 Å². The maximum Gasteiger partial charge on any atom is 0.313 e. The normalized spacial score (nSPS) is 9.38. The Balaban J connectivity index is 3.91. The largest absolute Gasteiger partial charge is 0.469 e. The van der Waals surface area contributed by atoms with Crippen LogP contribution in [0.1, 0.15) is 26.2 Å². The minimum absolute atomic E-state index is 0.183. The van der Waals surface area contributed by atoms with Gasteiger partial charge in [0.05, 0.1) is 20.1 Å². The molecule has 0 heterocycles. The predicted molar refractivity (Wildman–Crippen MR) is 52.5 cm³/mol. The van der Waals surface area contributed by atoms with Gasteiger partial charge in [0.1, 0.15) is 12.8 Å². The molecule has 6 nitrogen and oxygen atoms in total. The molecule has 0 aromatic heterocycles. The Morgan fingerprint density at radius 1 is 0.875 bits per heavy atom. The summed E-state index contributed by atoms with van der Waals surface area (Å²) in [4.78, 5) is 43.8. The molecule has 0 atom stereocenters. The van der Waals surface area contributed by atoms with Crippen molar-refractivity contribution in [2.75, 3.05) is 13.7 Å². The van der Waals surface area contributed by atoms with Crippen molar-refractivity contribution >= 4 is 23.5 Å². The van der Waals surface area contributed by atoms with Gasteiger partial charge < -0.3 is 9.47 Å². The Kier molecular flexibility index (Phi) is 6.74. The summed E-state index contributed by atoms with van der Waals surface area (Å²) in [5, 5.41) is 0. The number of hydrogen-bond donors (Lipinski definition) is 0. The lowest BCUT2D eigenvalue weighted by Gasteiger charge is -2.01. The van der Waals surface area contributed by atoms with Crippen LogP contribution in [-0.4, -0.2) is 37.2 Å². The maximum atomic E-state index is 11.1. The van der Waals surface area contributed by atoms with E-state index in [1.807, 2.05) is 0 Å². The zero-order valence-corrected chi connectivity index (χ0v) is 9.28. The molecule has 0 saturated carbocycles. The summed E-state index contributed by atoms with van der Waals surface area (Å²) in [7, 11) is 1.15. The minimum atomic E-state index is -0.700. The molecule has 0 aliphatic heterocycles. The van der Waals surface area contributed by atoms with E-state index < -0.39 is 42.8 Å². The second kappa shape index (κ2) is 7.56. The Morgan fingerprint density at radius 3 is 1.81 bits per heavy atom. The predicted octanol–water partition coefficient (Wildman–Crippen LogP) is 0.0310. The lowest BCUT2D eigenvalue weighted by molar-refractivity contribution is -0.145. The van der Waals surface area contributed by atoms with E-state index in [1.54, 1.807) is 6.92 Å². The van der Waals surface area contributed by atoms with Gasteiger partial charge in [-0.25, -0.2) is 0 Å². The maximum absolute atomic E-state index is 11.1. The van der Waals surface area contributed by atoms with Gasteiger partial charge in [0.15, 0.2) is 11.6 Å². The van der Waals surface area contributed by atoms with Crippen LogP contribution in [0.3, 0.4) is 0 Å². The summed E-state index contributed by atoms with van der Waals surface area (Å²) in [6, 6.07) is 0. The molecule has 0 aromatic rings. The monoisotopic (exact) mass is 230 g/mol. The van der Waals surface area contributed by atoms with Crippen molar-refractivity contribution in [2.24, 2.45) is 0 Å². The van der Waals surface area contributed by atoms with Gasteiger partial charge in [-0.3, -0.25) is 19.2 Å². The summed E-state index contributed by atoms with van der Waals surface area (Å²) in [5.74, 6) is -2.50. The first-order valence-corrected chi connectivity index (χ1v) is 4.75. The van der Waals surface area contributed by atoms with Crippen LogP contribution in [-0.2, 0) is 28.7 Å². The van der Waals surface area contributed by atoms with E-state index in [9.17, 15) is 19.2 Å². The molecule has 0 rings (SSSR count). The highest BCUT2D eigenvalue weighted by Crippen LogP contribution is 1.98. The van der Waals surface area contributed by atoms with Crippen LogP contribution >= 0.6 is 0 Å². The second-order valence-electron chi connectivity index (χ2n) is 2.99. The van der Waals surface area contributed by atoms with Crippen molar-refractivity contribution in [3.8, 4) is 0 Å². The molecule has 0 saturated heterocycles. The first-order chi connectivity index (χ1) is 7.49. The molecule has 0 aliphatic carbocycles. The third-order valence-corrected chi connectivity index (χ3v) is 1.61. The van der Waals surface area contributed by atoms with Gasteiger partial charge >= 0.3 is 11.9 Å². The number of esters is 2. The van der Waals surface area contributed by atoms with Crippen LogP contribution in [0.15, 0.2) is 0 Å². The fraction of sp³-hybridized carbons (Fsp3) is 0.600. The van der Waals surface area contributed by atoms with Crippen LogP contribution in [0, 0.1) is 0 Å². The van der Waals surface area contributed by atoms with Crippen LogP contribution in [0.4, 0.5) is 0 Å². The summed E-state index contributed by atoms with van der Waals surface area (Å²) in [6.07, 6.45) is -1.35. The van der Waals surface area contributed by atoms with Gasteiger partial charge in [0, 0.05) is 0 Å². The van der Waals surface area contributed by atoms with Gasteiger partial charge in [-0.15, -0.1) is 0 Å². The first kappa shape index (κ1) is 14.3. The molecule has 0 fully saturated rings. The molecule has 0 amide bonds. The Morgan fingerprint density at radius 2 is 1.38 bits per heavy atom. The van der Waals surface area contributed by atoms with E-state index in [0.717, 1.165) is 7.11 Å². The second-order valence-corrected chi connectivity index (χ2v) is 2.99. The van der Waals surface area contributed by atoms with Gasteiger partial charge in [-0.05, 0) is 6.92 Å². The average molecular weight is 230 g/mol. The molecule has 0 unspecified atom stereocenters. The number of Topliss-reactive ketones (excluding diaryl/α,β-unsaturated/α-hetero) is 2. The number of methoxy groups -OCH3 is 1. The first-order valence-electron chi connectivity index (χ1n) is 4.75. The van der Waals surface area contributed by atoms with Crippen molar-refractivity contribution < 1.29 is 28.7 Å². The van der Waals surface area contributed by atoms with Crippen LogP contribution in [0.25, 0.3) is 0 Å². The number of carbonyl (C=O) groups is 4. The molecule has 0 aromatic carbocycles. The van der Waals surface area contributed by atoms with Crippen LogP contribution < -0.4 is 0 Å². The average Bonchev–Trinajstić information content (AvgIpc) is 2.16. The van der Waals surface area contributed by atoms with Crippen molar-refractivity contribution in [3.63, 3.8) is 0 Å². The lowest BCUT2D eigenvalue weighted by atomic mass is 10.1. The molecular formula is C10H14O6. The standard InChI is InChI=1S/C10H14O6/c1-3-16-10(14)6-8(12)4-7(11)5-9(13)15-2/h3-6H2,1-2H3. The van der Waals surface area contributed by atoms with E-state index in [-0.39, 0.29) is 6.61 Å². The van der Waals surface area contributed by atoms with E-state index in [0.29, 0.717) is 0 Å². The fourth-order valence-corrected chi connectivity index (χ4v) is 0.951. The molecule has 90 valence electrons. The fourth-order valence-electron chi connectivity index (χ4n) is 0.951. The van der Waals surface area contributed by atoms with Crippen molar-refractivity contribution in [2.45, 2.75) is 26.2 Å². The summed E-state index contributed by atoms with van der Waals surface area (Å²) >= 11 is 0. The van der Waals surface area contributed by atoms with E-state index >= 15 is 0 Å². The number of carbonyl (C=O) groups excluding carboxylic acids is 4. The van der Waals surface area contributed by atoms with E-state index in [2.05, 4.69) is 9.47 Å².